The Morgan fingerprint density at radius 3 is 2.64 bits per heavy atom. The number of amides is 3. The van der Waals surface area contributed by atoms with Crippen molar-refractivity contribution in [2.75, 3.05) is 30.4 Å². The first-order chi connectivity index (χ1) is 13.5. The molecule has 2 aromatic rings. The molecule has 7 heteroatoms. The number of nitrogens with zero attached hydrogens (tertiary/aromatic N) is 1. The third-order valence-corrected chi connectivity index (χ3v) is 4.60. The highest BCUT2D eigenvalue weighted by atomic mass is 16.5. The first-order valence-corrected chi connectivity index (χ1v) is 9.05. The van der Waals surface area contributed by atoms with Gasteiger partial charge in [0.15, 0.2) is 0 Å². The lowest BCUT2D eigenvalue weighted by atomic mass is 10.1. The smallest absolute Gasteiger partial charge is 0.243 e. The number of ether oxygens (including phenoxy) is 1. The number of nitrogens with one attached hydrogen (secondary N) is 2. The summed E-state index contributed by atoms with van der Waals surface area (Å²) >= 11 is 0. The lowest BCUT2D eigenvalue weighted by Crippen LogP contribution is -2.37. The third-order valence-electron chi connectivity index (χ3n) is 4.60. The molecule has 0 aliphatic carbocycles. The summed E-state index contributed by atoms with van der Waals surface area (Å²) in [6, 6.07) is 14.6. The van der Waals surface area contributed by atoms with E-state index in [1.54, 1.807) is 30.2 Å². The average molecular weight is 381 g/mol. The molecule has 2 N–H and O–H groups in total. The van der Waals surface area contributed by atoms with E-state index in [1.807, 2.05) is 37.3 Å². The van der Waals surface area contributed by atoms with Crippen LogP contribution in [-0.4, -0.2) is 37.9 Å². The number of hydrogen-bond donors (Lipinski definition) is 2. The lowest BCUT2D eigenvalue weighted by Gasteiger charge is -2.20. The SMILES string of the molecule is COc1ccc(C)cc1N1CC(C(=O)NCC(=O)Nc2ccccc2)CC1=O. The fraction of sp³-hybridized carbons (Fsp3) is 0.286. The maximum Gasteiger partial charge on any atom is 0.243 e. The number of carbonyl (C=O) groups excluding carboxylic acids is 3. The van der Waals surface area contributed by atoms with Crippen LogP contribution in [-0.2, 0) is 14.4 Å². The Morgan fingerprint density at radius 2 is 1.93 bits per heavy atom. The van der Waals surface area contributed by atoms with Crippen LogP contribution in [0.4, 0.5) is 11.4 Å². The van der Waals surface area contributed by atoms with Crippen molar-refractivity contribution in [3.8, 4) is 5.75 Å². The molecular weight excluding hydrogens is 358 g/mol. The summed E-state index contributed by atoms with van der Waals surface area (Å²) in [5.41, 5.74) is 2.31. The summed E-state index contributed by atoms with van der Waals surface area (Å²) in [5.74, 6) is -0.700. The van der Waals surface area contributed by atoms with E-state index < -0.39 is 5.92 Å². The zero-order valence-electron chi connectivity index (χ0n) is 15.9. The fourth-order valence-corrected chi connectivity index (χ4v) is 3.17. The minimum atomic E-state index is -0.512. The van der Waals surface area contributed by atoms with Gasteiger partial charge in [0.05, 0.1) is 25.3 Å². The van der Waals surface area contributed by atoms with Crippen LogP contribution < -0.4 is 20.3 Å². The quantitative estimate of drug-likeness (QED) is 0.802. The van der Waals surface area contributed by atoms with Crippen molar-refractivity contribution < 1.29 is 19.1 Å². The predicted octanol–water partition coefficient (Wildman–Crippen LogP) is 2.11. The Bertz CT molecular complexity index is 882. The minimum absolute atomic E-state index is 0.100. The van der Waals surface area contributed by atoms with E-state index >= 15 is 0 Å². The molecule has 146 valence electrons. The molecule has 1 aliphatic rings. The van der Waals surface area contributed by atoms with Crippen LogP contribution in [0.25, 0.3) is 0 Å². The van der Waals surface area contributed by atoms with Gasteiger partial charge in [-0.05, 0) is 36.8 Å². The number of hydrogen-bond acceptors (Lipinski definition) is 4. The normalized spacial score (nSPS) is 16.0. The van der Waals surface area contributed by atoms with Gasteiger partial charge in [0.1, 0.15) is 5.75 Å². The third kappa shape index (κ3) is 4.49. The summed E-state index contributed by atoms with van der Waals surface area (Å²) in [4.78, 5) is 38.5. The molecule has 0 aromatic heterocycles. The van der Waals surface area contributed by atoms with E-state index in [0.717, 1.165) is 5.56 Å². The van der Waals surface area contributed by atoms with Gasteiger partial charge >= 0.3 is 0 Å². The Labute approximate surface area is 163 Å². The highest BCUT2D eigenvalue weighted by Gasteiger charge is 2.36. The summed E-state index contributed by atoms with van der Waals surface area (Å²) in [6.07, 6.45) is 0.100. The van der Waals surface area contributed by atoms with Gasteiger partial charge in [0.25, 0.3) is 0 Å². The molecular formula is C21H23N3O4. The molecule has 1 atom stereocenters. The lowest BCUT2D eigenvalue weighted by molar-refractivity contribution is -0.127. The fourth-order valence-electron chi connectivity index (χ4n) is 3.17. The number of anilines is 2. The molecule has 3 rings (SSSR count). The van der Waals surface area contributed by atoms with Crippen LogP contribution in [0.1, 0.15) is 12.0 Å². The number of rotatable bonds is 6. The van der Waals surface area contributed by atoms with Crippen LogP contribution in [0.2, 0.25) is 0 Å². The van der Waals surface area contributed by atoms with Crippen molar-refractivity contribution in [3.63, 3.8) is 0 Å². The standard InChI is InChI=1S/C21H23N3O4/c1-14-8-9-18(28-2)17(10-14)24-13-15(11-20(24)26)21(27)22-12-19(25)23-16-6-4-3-5-7-16/h3-10,15H,11-13H2,1-2H3,(H,22,27)(H,23,25). The molecule has 1 aliphatic heterocycles. The molecule has 0 saturated carbocycles. The largest absolute Gasteiger partial charge is 0.495 e. The first kappa shape index (κ1) is 19.4. The van der Waals surface area contributed by atoms with E-state index in [0.29, 0.717) is 17.1 Å². The van der Waals surface area contributed by atoms with Crippen molar-refractivity contribution in [3.05, 3.63) is 54.1 Å². The van der Waals surface area contributed by atoms with Crippen LogP contribution in [0.15, 0.2) is 48.5 Å². The van der Waals surface area contributed by atoms with E-state index in [9.17, 15) is 14.4 Å². The summed E-state index contributed by atoms with van der Waals surface area (Å²) in [5, 5.41) is 5.32. The number of benzene rings is 2. The van der Waals surface area contributed by atoms with Crippen molar-refractivity contribution in [2.45, 2.75) is 13.3 Å². The molecule has 1 saturated heterocycles. The van der Waals surface area contributed by atoms with E-state index in [1.165, 1.54) is 0 Å². The first-order valence-electron chi connectivity index (χ1n) is 9.05. The molecule has 0 spiro atoms. The molecule has 1 unspecified atom stereocenters. The van der Waals surface area contributed by atoms with Gasteiger partial charge in [-0.25, -0.2) is 0 Å². The number of methoxy groups -OCH3 is 1. The second-order valence-corrected chi connectivity index (χ2v) is 6.71. The topological polar surface area (TPSA) is 87.7 Å². The van der Waals surface area contributed by atoms with Crippen LogP contribution in [0.5, 0.6) is 5.75 Å². The molecule has 7 nitrogen and oxygen atoms in total. The highest BCUT2D eigenvalue weighted by molar-refractivity contribution is 6.02. The summed E-state index contributed by atoms with van der Waals surface area (Å²) < 4.78 is 5.34. The molecule has 0 radical (unpaired) electrons. The average Bonchev–Trinajstić information content (AvgIpc) is 3.08. The zero-order chi connectivity index (χ0) is 20.1. The molecule has 3 amide bonds. The van der Waals surface area contributed by atoms with Crippen LogP contribution in [0.3, 0.4) is 0 Å². The zero-order valence-corrected chi connectivity index (χ0v) is 15.9. The van der Waals surface area contributed by atoms with Crippen LogP contribution >= 0.6 is 0 Å². The Morgan fingerprint density at radius 1 is 1.18 bits per heavy atom. The van der Waals surface area contributed by atoms with Gasteiger partial charge in [-0.1, -0.05) is 24.3 Å². The Hall–Kier alpha value is -3.35. The van der Waals surface area contributed by atoms with Gasteiger partial charge in [0.2, 0.25) is 17.7 Å². The highest BCUT2D eigenvalue weighted by Crippen LogP contribution is 2.33. The monoisotopic (exact) mass is 381 g/mol. The number of aryl methyl sites for hydroxylation is 1. The summed E-state index contributed by atoms with van der Waals surface area (Å²) in [6.45, 7) is 2.04. The van der Waals surface area contributed by atoms with Gasteiger partial charge < -0.3 is 20.3 Å². The van der Waals surface area contributed by atoms with E-state index in [-0.39, 0.29) is 37.2 Å². The van der Waals surface area contributed by atoms with Gasteiger partial charge in [-0.15, -0.1) is 0 Å². The summed E-state index contributed by atoms with van der Waals surface area (Å²) in [7, 11) is 1.55. The minimum Gasteiger partial charge on any atom is -0.495 e. The van der Waals surface area contributed by atoms with Gasteiger partial charge in [-0.3, -0.25) is 14.4 Å². The van der Waals surface area contributed by atoms with E-state index in [4.69, 9.17) is 4.74 Å². The maximum atomic E-state index is 12.5. The number of para-hydroxylation sites is 1. The van der Waals surface area contributed by atoms with Crippen molar-refractivity contribution in [2.24, 2.45) is 5.92 Å². The molecule has 1 heterocycles. The predicted molar refractivity (Wildman–Crippen MR) is 106 cm³/mol. The van der Waals surface area contributed by atoms with Gasteiger partial charge in [0, 0.05) is 18.7 Å². The number of carbonyl (C=O) groups is 3. The van der Waals surface area contributed by atoms with Crippen molar-refractivity contribution in [1.82, 2.24) is 5.32 Å². The molecule has 0 bridgehead atoms. The second-order valence-electron chi connectivity index (χ2n) is 6.71. The van der Waals surface area contributed by atoms with E-state index in [2.05, 4.69) is 10.6 Å². The van der Waals surface area contributed by atoms with Crippen molar-refractivity contribution in [1.29, 1.82) is 0 Å². The van der Waals surface area contributed by atoms with Gasteiger partial charge in [-0.2, -0.15) is 0 Å². The Kier molecular flexibility index (Phi) is 5.93. The molecule has 1 fully saturated rings. The maximum absolute atomic E-state index is 12.5. The second kappa shape index (κ2) is 8.56. The Balaban J connectivity index is 1.58. The van der Waals surface area contributed by atoms with Crippen molar-refractivity contribution >= 4 is 29.1 Å². The van der Waals surface area contributed by atoms with Crippen LogP contribution in [0, 0.1) is 12.8 Å². The molecule has 2 aromatic carbocycles. The molecule has 28 heavy (non-hydrogen) atoms.